The first-order valence-corrected chi connectivity index (χ1v) is 10.2. The topological polar surface area (TPSA) is 130 Å². The van der Waals surface area contributed by atoms with Gasteiger partial charge in [0.15, 0.2) is 0 Å². The quantitative estimate of drug-likeness (QED) is 0.426. The maximum absolute atomic E-state index is 13.1. The zero-order valence-electron chi connectivity index (χ0n) is 17.6. The van der Waals surface area contributed by atoms with E-state index < -0.39 is 35.5 Å². The molecule has 0 spiro atoms. The van der Waals surface area contributed by atoms with Crippen molar-refractivity contribution in [1.82, 2.24) is 9.80 Å². The van der Waals surface area contributed by atoms with Crippen molar-refractivity contribution < 1.29 is 29.0 Å². The van der Waals surface area contributed by atoms with Crippen molar-refractivity contribution in [2.24, 2.45) is 5.73 Å². The number of hydrogen-bond donors (Lipinski definition) is 2. The molecule has 0 aromatic heterocycles. The molecule has 0 bridgehead atoms. The number of nitrogens with two attached hydrogens (primary N) is 1. The van der Waals surface area contributed by atoms with E-state index in [4.69, 9.17) is 5.73 Å². The first kappa shape index (κ1) is 26.2. The van der Waals surface area contributed by atoms with Gasteiger partial charge < -0.3 is 25.4 Å². The minimum absolute atomic E-state index is 0.0305. The Kier molecular flexibility index (Phi) is 11.1. The molecule has 0 aromatic carbocycles. The predicted octanol–water partition coefficient (Wildman–Crippen LogP) is -0.00700. The molecule has 0 aliphatic rings. The highest BCUT2D eigenvalue weighted by molar-refractivity contribution is 8.00. The van der Waals surface area contributed by atoms with Crippen LogP contribution >= 0.6 is 11.8 Å². The lowest BCUT2D eigenvalue weighted by atomic mass is 9.97. The van der Waals surface area contributed by atoms with E-state index in [1.165, 1.54) is 44.9 Å². The average molecular weight is 420 g/mol. The molecule has 0 heterocycles. The summed E-state index contributed by atoms with van der Waals surface area (Å²) in [4.78, 5) is 51.1. The highest BCUT2D eigenvalue weighted by Crippen LogP contribution is 2.18. The van der Waals surface area contributed by atoms with Gasteiger partial charge in [-0.1, -0.05) is 6.92 Å². The molecule has 0 aromatic rings. The van der Waals surface area contributed by atoms with Gasteiger partial charge in [0, 0.05) is 32.7 Å². The first-order chi connectivity index (χ1) is 12.9. The van der Waals surface area contributed by atoms with Gasteiger partial charge in [-0.25, -0.2) is 0 Å². The number of aliphatic hydroxyl groups is 1. The first-order valence-electron chi connectivity index (χ1n) is 9.04. The van der Waals surface area contributed by atoms with E-state index in [0.717, 1.165) is 11.8 Å². The van der Waals surface area contributed by atoms with Gasteiger partial charge >= 0.3 is 5.97 Å². The second-order valence-corrected chi connectivity index (χ2v) is 8.28. The van der Waals surface area contributed by atoms with Crippen LogP contribution in [0, 0.1) is 0 Å². The largest absolute Gasteiger partial charge is 0.468 e. The molecule has 162 valence electrons. The third kappa shape index (κ3) is 8.92. The molecule has 0 unspecified atom stereocenters. The van der Waals surface area contributed by atoms with E-state index in [0.29, 0.717) is 6.42 Å². The smallest absolute Gasteiger partial charge is 0.315 e. The number of hydrogen-bond acceptors (Lipinski definition) is 7. The number of carbonyl (C=O) groups is 4. The molecular weight excluding hydrogens is 386 g/mol. The van der Waals surface area contributed by atoms with Crippen molar-refractivity contribution in [3.63, 3.8) is 0 Å². The van der Waals surface area contributed by atoms with E-state index in [9.17, 15) is 24.3 Å². The maximum Gasteiger partial charge on any atom is 0.315 e. The zero-order chi connectivity index (χ0) is 22.1. The summed E-state index contributed by atoms with van der Waals surface area (Å²) in [6, 6.07) is -1.92. The molecule has 10 heteroatoms. The summed E-state index contributed by atoms with van der Waals surface area (Å²) >= 11 is 1.16. The standard InChI is InChI=1S/C18H33N3O6S/c1-7-8-14(22)20(4)13(10-28-11-15(23)27-6)17(25)21(5)12(16(19)24)9-18(2,3)26/h12-13,26H,7-11H2,1-6H3,(H2,19,24)/t12-,13+/m0/s1. The molecule has 0 saturated heterocycles. The van der Waals surface area contributed by atoms with Gasteiger partial charge in [0.25, 0.3) is 0 Å². The van der Waals surface area contributed by atoms with E-state index >= 15 is 0 Å². The number of primary amides is 1. The minimum Gasteiger partial charge on any atom is -0.468 e. The van der Waals surface area contributed by atoms with Crippen molar-refractivity contribution in [3.05, 3.63) is 0 Å². The van der Waals surface area contributed by atoms with E-state index in [1.807, 2.05) is 6.92 Å². The fourth-order valence-electron chi connectivity index (χ4n) is 2.52. The van der Waals surface area contributed by atoms with Crippen LogP contribution in [0.15, 0.2) is 0 Å². The number of amides is 3. The number of methoxy groups -OCH3 is 1. The summed E-state index contributed by atoms with van der Waals surface area (Å²) in [6.07, 6.45) is 0.853. The molecule has 0 rings (SSSR count). The summed E-state index contributed by atoms with van der Waals surface area (Å²) in [7, 11) is 4.20. The summed E-state index contributed by atoms with van der Waals surface area (Å²) in [6.45, 7) is 4.89. The molecule has 28 heavy (non-hydrogen) atoms. The Balaban J connectivity index is 5.51. The molecule has 0 aliphatic carbocycles. The van der Waals surface area contributed by atoms with Crippen LogP contribution in [0.3, 0.4) is 0 Å². The highest BCUT2D eigenvalue weighted by Gasteiger charge is 2.36. The second-order valence-electron chi connectivity index (χ2n) is 7.25. The van der Waals surface area contributed by atoms with Crippen molar-refractivity contribution in [2.45, 2.75) is 57.7 Å². The van der Waals surface area contributed by atoms with Crippen LogP contribution in [0.1, 0.15) is 40.0 Å². The second kappa shape index (κ2) is 11.9. The lowest BCUT2D eigenvalue weighted by Crippen LogP contribution is -2.56. The zero-order valence-corrected chi connectivity index (χ0v) is 18.4. The number of esters is 1. The number of carbonyl (C=O) groups excluding carboxylic acids is 4. The van der Waals surface area contributed by atoms with Crippen molar-refractivity contribution in [3.8, 4) is 0 Å². The lowest BCUT2D eigenvalue weighted by Gasteiger charge is -2.35. The molecule has 3 amide bonds. The summed E-state index contributed by atoms with van der Waals surface area (Å²) in [5, 5.41) is 10.0. The Bertz CT molecular complexity index is 564. The van der Waals surface area contributed by atoms with Gasteiger partial charge in [-0.3, -0.25) is 19.2 Å². The van der Waals surface area contributed by atoms with Gasteiger partial charge in [-0.2, -0.15) is 0 Å². The number of rotatable bonds is 12. The summed E-state index contributed by atoms with van der Waals surface area (Å²) in [5.74, 6) is -1.71. The van der Waals surface area contributed by atoms with Crippen LogP contribution in [-0.2, 0) is 23.9 Å². The van der Waals surface area contributed by atoms with Crippen molar-refractivity contribution in [2.75, 3.05) is 32.7 Å². The van der Waals surface area contributed by atoms with Crippen molar-refractivity contribution >= 4 is 35.5 Å². The van der Waals surface area contributed by atoms with Gasteiger partial charge in [0.1, 0.15) is 12.1 Å². The predicted molar refractivity (Wildman–Crippen MR) is 107 cm³/mol. The SMILES string of the molecule is CCCC(=O)N(C)[C@H](CSCC(=O)OC)C(=O)N(C)[C@@H](CC(C)(C)O)C(N)=O. The van der Waals surface area contributed by atoms with Gasteiger partial charge in [0.2, 0.25) is 17.7 Å². The van der Waals surface area contributed by atoms with Crippen molar-refractivity contribution in [1.29, 1.82) is 0 Å². The average Bonchev–Trinajstić information content (AvgIpc) is 2.60. The van der Waals surface area contributed by atoms with E-state index in [-0.39, 0.29) is 30.3 Å². The monoisotopic (exact) mass is 419 g/mol. The summed E-state index contributed by atoms with van der Waals surface area (Å²) in [5.41, 5.74) is 4.22. The molecular formula is C18H33N3O6S. The maximum atomic E-state index is 13.1. The van der Waals surface area contributed by atoms with Crippen LogP contribution in [0.25, 0.3) is 0 Å². The Morgan fingerprint density at radius 3 is 2.14 bits per heavy atom. The summed E-state index contributed by atoms with van der Waals surface area (Å²) < 4.78 is 4.59. The van der Waals surface area contributed by atoms with Gasteiger partial charge in [-0.05, 0) is 20.3 Å². The molecule has 2 atom stereocenters. The Labute approximate surface area is 170 Å². The van der Waals surface area contributed by atoms with E-state index in [1.54, 1.807) is 0 Å². The molecule has 9 nitrogen and oxygen atoms in total. The normalized spacial score (nSPS) is 13.4. The Morgan fingerprint density at radius 2 is 1.71 bits per heavy atom. The number of thioether (sulfide) groups is 1. The third-order valence-electron chi connectivity index (χ3n) is 4.17. The van der Waals surface area contributed by atoms with E-state index in [2.05, 4.69) is 4.74 Å². The third-order valence-corrected chi connectivity index (χ3v) is 5.16. The van der Waals surface area contributed by atoms with Crippen LogP contribution in [0.4, 0.5) is 0 Å². The van der Waals surface area contributed by atoms with Crippen LogP contribution < -0.4 is 5.73 Å². The number of likely N-dealkylation sites (N-methyl/N-ethyl adjacent to an activating group) is 2. The van der Waals surface area contributed by atoms with Gasteiger partial charge in [0.05, 0.1) is 18.5 Å². The lowest BCUT2D eigenvalue weighted by molar-refractivity contribution is -0.147. The van der Waals surface area contributed by atoms with Crippen LogP contribution in [0.2, 0.25) is 0 Å². The fourth-order valence-corrected chi connectivity index (χ4v) is 3.51. The molecule has 0 aliphatic heterocycles. The van der Waals surface area contributed by atoms with Gasteiger partial charge in [-0.15, -0.1) is 11.8 Å². The Hall–Kier alpha value is -1.81. The molecule has 0 radical (unpaired) electrons. The van der Waals surface area contributed by atoms with Crippen LogP contribution in [-0.4, -0.2) is 89.0 Å². The molecule has 3 N–H and O–H groups in total. The fraction of sp³-hybridized carbons (Fsp3) is 0.778. The molecule has 0 saturated carbocycles. The number of nitrogens with zero attached hydrogens (tertiary/aromatic N) is 2. The molecule has 0 fully saturated rings. The Morgan fingerprint density at radius 1 is 1.14 bits per heavy atom. The minimum atomic E-state index is -1.21. The number of ether oxygens (including phenoxy) is 1. The van der Waals surface area contributed by atoms with Crippen LogP contribution in [0.5, 0.6) is 0 Å². The highest BCUT2D eigenvalue weighted by atomic mass is 32.2.